The molecule has 1 amide bonds. The fourth-order valence-electron chi connectivity index (χ4n) is 2.60. The molecule has 28 heavy (non-hydrogen) atoms. The fourth-order valence-corrected chi connectivity index (χ4v) is 3.58. The van der Waals surface area contributed by atoms with Gasteiger partial charge < -0.3 is 5.32 Å². The minimum absolute atomic E-state index is 0.0422. The van der Waals surface area contributed by atoms with E-state index < -0.39 is 10.0 Å². The van der Waals surface area contributed by atoms with Gasteiger partial charge in [-0.05, 0) is 47.5 Å². The molecule has 0 aliphatic heterocycles. The lowest BCUT2D eigenvalue weighted by atomic mass is 10.1. The Morgan fingerprint density at radius 3 is 2.00 bits per heavy atom. The highest BCUT2D eigenvalue weighted by Gasteiger charge is 2.21. The third-order valence-electron chi connectivity index (χ3n) is 4.26. The summed E-state index contributed by atoms with van der Waals surface area (Å²) in [5, 5.41) is 2.81. The van der Waals surface area contributed by atoms with Crippen molar-refractivity contribution in [2.24, 2.45) is 0 Å². The number of hydroxylamine groups is 1. The van der Waals surface area contributed by atoms with Crippen LogP contribution in [0.25, 0.3) is 11.1 Å². The smallest absolute Gasteiger partial charge is 0.264 e. The van der Waals surface area contributed by atoms with Crippen molar-refractivity contribution < 1.29 is 18.0 Å². The number of carbonyl (C=O) groups excluding carboxylic acids is 1. The molecule has 7 heteroatoms. The maximum absolute atomic E-state index is 12.4. The Morgan fingerprint density at radius 1 is 0.857 bits per heavy atom. The molecule has 0 fully saturated rings. The van der Waals surface area contributed by atoms with Crippen molar-refractivity contribution in [2.75, 3.05) is 19.5 Å². The van der Waals surface area contributed by atoms with Gasteiger partial charge in [0.15, 0.2) is 0 Å². The van der Waals surface area contributed by atoms with Crippen molar-refractivity contribution in [3.63, 3.8) is 0 Å². The van der Waals surface area contributed by atoms with Crippen molar-refractivity contribution in [1.82, 2.24) is 4.47 Å². The molecule has 0 bridgehead atoms. The number of nitrogens with one attached hydrogen (secondary N) is 1. The summed E-state index contributed by atoms with van der Waals surface area (Å²) in [6, 6.07) is 23.1. The van der Waals surface area contributed by atoms with Crippen LogP contribution in [0.4, 0.5) is 5.69 Å². The van der Waals surface area contributed by atoms with Crippen molar-refractivity contribution >= 4 is 21.6 Å². The standard InChI is InChI=1S/C21H20N2O4S/c1-23(27-2)28(25,26)20-14-10-18(11-15-20)21(24)22-19-12-8-17(9-13-19)16-6-4-3-5-7-16/h3-15H,1-2H3,(H,22,24). The maximum Gasteiger partial charge on any atom is 0.264 e. The number of rotatable bonds is 6. The number of anilines is 1. The van der Waals surface area contributed by atoms with Gasteiger partial charge in [-0.2, -0.15) is 0 Å². The second kappa shape index (κ2) is 8.35. The van der Waals surface area contributed by atoms with Crippen LogP contribution in [0, 0.1) is 0 Å². The van der Waals surface area contributed by atoms with E-state index in [2.05, 4.69) is 5.32 Å². The van der Waals surface area contributed by atoms with Crippen LogP contribution in [0.3, 0.4) is 0 Å². The van der Waals surface area contributed by atoms with E-state index in [1.165, 1.54) is 38.4 Å². The van der Waals surface area contributed by atoms with Crippen molar-refractivity contribution in [3.05, 3.63) is 84.4 Å². The van der Waals surface area contributed by atoms with Gasteiger partial charge in [-0.3, -0.25) is 9.63 Å². The van der Waals surface area contributed by atoms with Gasteiger partial charge in [-0.25, -0.2) is 8.42 Å². The highest BCUT2D eigenvalue weighted by Crippen LogP contribution is 2.21. The molecule has 0 aliphatic rings. The molecule has 144 valence electrons. The monoisotopic (exact) mass is 396 g/mol. The molecule has 3 aromatic carbocycles. The van der Waals surface area contributed by atoms with Gasteiger partial charge >= 0.3 is 0 Å². The molecule has 3 rings (SSSR count). The molecule has 0 saturated carbocycles. The van der Waals surface area contributed by atoms with Crippen LogP contribution in [0.15, 0.2) is 83.8 Å². The Labute approximate surface area is 164 Å². The van der Waals surface area contributed by atoms with E-state index in [9.17, 15) is 13.2 Å². The minimum atomic E-state index is -3.74. The molecule has 0 saturated heterocycles. The highest BCUT2D eigenvalue weighted by molar-refractivity contribution is 7.89. The Balaban J connectivity index is 1.71. The van der Waals surface area contributed by atoms with E-state index in [1.54, 1.807) is 0 Å². The second-order valence-corrected chi connectivity index (χ2v) is 7.95. The van der Waals surface area contributed by atoms with Crippen molar-refractivity contribution in [2.45, 2.75) is 4.90 Å². The lowest BCUT2D eigenvalue weighted by Gasteiger charge is -2.14. The van der Waals surface area contributed by atoms with Gasteiger partial charge in [-0.15, -0.1) is 0 Å². The van der Waals surface area contributed by atoms with Gasteiger partial charge in [0.25, 0.3) is 15.9 Å². The molecular formula is C21H20N2O4S. The van der Waals surface area contributed by atoms with E-state index in [-0.39, 0.29) is 10.8 Å². The Hall–Kier alpha value is -3.00. The molecule has 0 atom stereocenters. The summed E-state index contributed by atoms with van der Waals surface area (Å²) in [5.41, 5.74) is 3.15. The minimum Gasteiger partial charge on any atom is -0.322 e. The highest BCUT2D eigenvalue weighted by atomic mass is 32.2. The third-order valence-corrected chi connectivity index (χ3v) is 5.95. The normalized spacial score (nSPS) is 11.4. The molecule has 0 radical (unpaired) electrons. The van der Waals surface area contributed by atoms with E-state index in [0.717, 1.165) is 15.6 Å². The van der Waals surface area contributed by atoms with E-state index in [1.807, 2.05) is 54.6 Å². The predicted octanol–water partition coefficient (Wildman–Crippen LogP) is 3.79. The van der Waals surface area contributed by atoms with E-state index >= 15 is 0 Å². The van der Waals surface area contributed by atoms with Gasteiger partial charge in [0, 0.05) is 18.3 Å². The molecular weight excluding hydrogens is 376 g/mol. The average Bonchev–Trinajstić information content (AvgIpc) is 2.74. The van der Waals surface area contributed by atoms with Gasteiger partial charge in [0.2, 0.25) is 0 Å². The number of sulfonamides is 1. The lowest BCUT2D eigenvalue weighted by Crippen LogP contribution is -2.25. The Bertz CT molecular complexity index is 1050. The van der Waals surface area contributed by atoms with Crippen LogP contribution < -0.4 is 5.32 Å². The third kappa shape index (κ3) is 4.28. The molecule has 0 aliphatic carbocycles. The van der Waals surface area contributed by atoms with Gasteiger partial charge in [0.1, 0.15) is 0 Å². The van der Waals surface area contributed by atoms with Gasteiger partial charge in [0.05, 0.1) is 12.0 Å². The number of hydrogen-bond acceptors (Lipinski definition) is 4. The molecule has 6 nitrogen and oxygen atoms in total. The number of nitrogens with zero attached hydrogens (tertiary/aromatic N) is 1. The summed E-state index contributed by atoms with van der Waals surface area (Å²) >= 11 is 0. The molecule has 0 heterocycles. The molecule has 1 N–H and O–H groups in total. The lowest BCUT2D eigenvalue weighted by molar-refractivity contribution is -0.0258. The van der Waals surface area contributed by atoms with Crippen LogP contribution >= 0.6 is 0 Å². The van der Waals surface area contributed by atoms with Gasteiger partial charge in [-0.1, -0.05) is 46.9 Å². The molecule has 3 aromatic rings. The zero-order valence-electron chi connectivity index (χ0n) is 15.5. The number of carbonyl (C=O) groups is 1. The summed E-state index contributed by atoms with van der Waals surface area (Å²) in [7, 11) is -1.18. The SMILES string of the molecule is CON(C)S(=O)(=O)c1ccc(C(=O)Nc2ccc(-c3ccccc3)cc2)cc1. The first-order valence-electron chi connectivity index (χ1n) is 8.52. The Kier molecular flexibility index (Phi) is 5.89. The summed E-state index contributed by atoms with van der Waals surface area (Å²) in [6.45, 7) is 0. The largest absolute Gasteiger partial charge is 0.322 e. The second-order valence-electron chi connectivity index (χ2n) is 6.02. The zero-order chi connectivity index (χ0) is 20.1. The predicted molar refractivity (Wildman–Crippen MR) is 108 cm³/mol. The topological polar surface area (TPSA) is 75.7 Å². The maximum atomic E-state index is 12.4. The van der Waals surface area contributed by atoms with Crippen LogP contribution in [-0.2, 0) is 14.9 Å². The van der Waals surface area contributed by atoms with Crippen LogP contribution in [0.1, 0.15) is 10.4 Å². The molecule has 0 aromatic heterocycles. The first kappa shape index (κ1) is 19.8. The fraction of sp³-hybridized carbons (Fsp3) is 0.0952. The molecule has 0 spiro atoms. The van der Waals surface area contributed by atoms with Crippen molar-refractivity contribution in [1.29, 1.82) is 0 Å². The Morgan fingerprint density at radius 2 is 1.43 bits per heavy atom. The number of amides is 1. The quantitative estimate of drug-likeness (QED) is 0.643. The van der Waals surface area contributed by atoms with Crippen LogP contribution in [0.2, 0.25) is 0 Å². The summed E-state index contributed by atoms with van der Waals surface area (Å²) in [4.78, 5) is 17.2. The summed E-state index contributed by atoms with van der Waals surface area (Å²) < 4.78 is 25.1. The van der Waals surface area contributed by atoms with Crippen LogP contribution in [-0.4, -0.2) is 33.0 Å². The summed E-state index contributed by atoms with van der Waals surface area (Å²) in [5.74, 6) is -0.323. The first-order valence-corrected chi connectivity index (χ1v) is 9.96. The van der Waals surface area contributed by atoms with Crippen LogP contribution in [0.5, 0.6) is 0 Å². The van der Waals surface area contributed by atoms with E-state index in [4.69, 9.17) is 4.84 Å². The number of hydrogen-bond donors (Lipinski definition) is 1. The van der Waals surface area contributed by atoms with E-state index in [0.29, 0.717) is 11.3 Å². The number of benzene rings is 3. The summed E-state index contributed by atoms with van der Waals surface area (Å²) in [6.07, 6.45) is 0. The average molecular weight is 396 g/mol. The first-order chi connectivity index (χ1) is 13.4. The molecule has 0 unspecified atom stereocenters. The zero-order valence-corrected chi connectivity index (χ0v) is 16.3. The van der Waals surface area contributed by atoms with Crippen molar-refractivity contribution in [3.8, 4) is 11.1 Å².